The number of amidine groups is 1. The number of nitrogens with one attached hydrogen (secondary N) is 1. The average molecular weight is 222 g/mol. The highest BCUT2D eigenvalue weighted by atomic mass is 16.4. The molecule has 0 bridgehead atoms. The van der Waals surface area contributed by atoms with Crippen LogP contribution in [0.4, 0.5) is 0 Å². The fourth-order valence-corrected chi connectivity index (χ4v) is 1.33. The number of hydrogen-bond donors (Lipinski definition) is 3. The van der Waals surface area contributed by atoms with Gasteiger partial charge in [-0.1, -0.05) is 11.2 Å². The van der Waals surface area contributed by atoms with E-state index in [1.54, 1.807) is 6.20 Å². The van der Waals surface area contributed by atoms with Crippen LogP contribution in [0, 0.1) is 0 Å². The summed E-state index contributed by atoms with van der Waals surface area (Å²) >= 11 is 0. The normalized spacial score (nSPS) is 11.6. The van der Waals surface area contributed by atoms with Gasteiger partial charge in [0, 0.05) is 19.2 Å². The van der Waals surface area contributed by atoms with Crippen LogP contribution < -0.4 is 11.1 Å². The van der Waals surface area contributed by atoms with Crippen LogP contribution in [0.3, 0.4) is 0 Å². The van der Waals surface area contributed by atoms with Gasteiger partial charge < -0.3 is 16.3 Å². The quantitative estimate of drug-likeness (QED) is 0.212. The molecule has 5 nitrogen and oxygen atoms in total. The number of nitrogens with two attached hydrogens (primary N) is 1. The first-order valence-electron chi connectivity index (χ1n) is 5.40. The molecule has 0 spiro atoms. The number of pyridine rings is 1. The molecule has 0 aromatic carbocycles. The van der Waals surface area contributed by atoms with Crippen molar-refractivity contribution < 1.29 is 5.21 Å². The molecule has 0 aliphatic rings. The number of unbranched alkanes of at least 4 members (excludes halogenated alkanes) is 1. The summed E-state index contributed by atoms with van der Waals surface area (Å²) in [5.74, 6) is 0.296. The van der Waals surface area contributed by atoms with Gasteiger partial charge in [0.25, 0.3) is 0 Å². The Kier molecular flexibility index (Phi) is 5.95. The van der Waals surface area contributed by atoms with Crippen molar-refractivity contribution in [2.45, 2.75) is 25.8 Å². The van der Waals surface area contributed by atoms with Crippen LogP contribution in [-0.4, -0.2) is 22.6 Å². The Morgan fingerprint density at radius 3 is 3.00 bits per heavy atom. The second-order valence-corrected chi connectivity index (χ2v) is 3.55. The van der Waals surface area contributed by atoms with Gasteiger partial charge in [-0.25, -0.2) is 0 Å². The molecule has 88 valence electrons. The van der Waals surface area contributed by atoms with Gasteiger partial charge in [-0.2, -0.15) is 0 Å². The number of rotatable bonds is 7. The molecule has 0 saturated heterocycles. The first kappa shape index (κ1) is 12.4. The predicted octanol–water partition coefficient (Wildman–Crippen LogP) is 1.09. The molecule has 0 radical (unpaired) electrons. The van der Waals surface area contributed by atoms with Crippen molar-refractivity contribution in [2.24, 2.45) is 10.9 Å². The van der Waals surface area contributed by atoms with Gasteiger partial charge in [0.15, 0.2) is 0 Å². The van der Waals surface area contributed by atoms with Crippen LogP contribution in [0.15, 0.2) is 29.6 Å². The number of aromatic nitrogens is 1. The first-order valence-corrected chi connectivity index (χ1v) is 5.40. The predicted molar refractivity (Wildman–Crippen MR) is 63.2 cm³/mol. The van der Waals surface area contributed by atoms with Crippen molar-refractivity contribution in [3.05, 3.63) is 30.1 Å². The highest BCUT2D eigenvalue weighted by Crippen LogP contribution is 1.95. The minimum absolute atomic E-state index is 0.296. The van der Waals surface area contributed by atoms with E-state index in [1.807, 2.05) is 18.2 Å². The van der Waals surface area contributed by atoms with E-state index < -0.39 is 0 Å². The lowest BCUT2D eigenvalue weighted by Crippen LogP contribution is -2.16. The summed E-state index contributed by atoms with van der Waals surface area (Å²) in [6.07, 6.45) is 4.35. The Morgan fingerprint density at radius 1 is 1.44 bits per heavy atom. The maximum atomic E-state index is 8.33. The molecule has 1 aromatic heterocycles. The topological polar surface area (TPSA) is 83.5 Å². The van der Waals surface area contributed by atoms with Gasteiger partial charge in [0.1, 0.15) is 5.84 Å². The largest absolute Gasteiger partial charge is 0.409 e. The van der Waals surface area contributed by atoms with Crippen molar-refractivity contribution in [1.82, 2.24) is 10.3 Å². The van der Waals surface area contributed by atoms with E-state index in [9.17, 15) is 0 Å². The second kappa shape index (κ2) is 7.64. The zero-order valence-electron chi connectivity index (χ0n) is 9.26. The highest BCUT2D eigenvalue weighted by Gasteiger charge is 1.95. The lowest BCUT2D eigenvalue weighted by Gasteiger charge is -2.03. The van der Waals surface area contributed by atoms with Gasteiger partial charge in [-0.3, -0.25) is 4.98 Å². The second-order valence-electron chi connectivity index (χ2n) is 3.55. The molecule has 0 amide bonds. The van der Waals surface area contributed by atoms with Crippen LogP contribution in [0.1, 0.15) is 25.0 Å². The molecule has 5 heteroatoms. The lowest BCUT2D eigenvalue weighted by molar-refractivity contribution is 0.316. The summed E-state index contributed by atoms with van der Waals surface area (Å²) in [6, 6.07) is 5.87. The molecule has 0 aliphatic heterocycles. The fourth-order valence-electron chi connectivity index (χ4n) is 1.33. The summed E-state index contributed by atoms with van der Waals surface area (Å²) in [7, 11) is 0. The molecule has 1 rings (SSSR count). The number of oxime groups is 1. The third-order valence-electron chi connectivity index (χ3n) is 2.20. The Morgan fingerprint density at radius 2 is 2.31 bits per heavy atom. The molecule has 0 atom stereocenters. The van der Waals surface area contributed by atoms with E-state index in [1.165, 1.54) is 0 Å². The molecule has 0 saturated carbocycles. The zero-order valence-corrected chi connectivity index (χ0v) is 9.26. The van der Waals surface area contributed by atoms with Gasteiger partial charge in [0.2, 0.25) is 0 Å². The minimum Gasteiger partial charge on any atom is -0.409 e. The molecule has 0 aliphatic carbocycles. The molecular weight excluding hydrogens is 204 g/mol. The zero-order chi connectivity index (χ0) is 11.6. The highest BCUT2D eigenvalue weighted by molar-refractivity contribution is 5.79. The van der Waals surface area contributed by atoms with Crippen LogP contribution in [0.5, 0.6) is 0 Å². The maximum absolute atomic E-state index is 8.33. The molecule has 4 N–H and O–H groups in total. The van der Waals surface area contributed by atoms with E-state index in [2.05, 4.69) is 15.5 Å². The van der Waals surface area contributed by atoms with E-state index in [4.69, 9.17) is 10.9 Å². The summed E-state index contributed by atoms with van der Waals surface area (Å²) in [6.45, 7) is 1.69. The van der Waals surface area contributed by atoms with Crippen LogP contribution in [0.25, 0.3) is 0 Å². The SMILES string of the molecule is NC(CCCCNCc1ccccn1)=NO. The maximum Gasteiger partial charge on any atom is 0.139 e. The van der Waals surface area contributed by atoms with Crippen LogP contribution in [0.2, 0.25) is 0 Å². The van der Waals surface area contributed by atoms with Gasteiger partial charge in [-0.05, 0) is 31.5 Å². The molecule has 0 fully saturated rings. The Bertz CT molecular complexity index is 313. The van der Waals surface area contributed by atoms with Gasteiger partial charge >= 0.3 is 0 Å². The molecule has 1 heterocycles. The third kappa shape index (κ3) is 5.31. The van der Waals surface area contributed by atoms with Gasteiger partial charge in [0.05, 0.1) is 5.69 Å². The lowest BCUT2D eigenvalue weighted by atomic mass is 10.2. The van der Waals surface area contributed by atoms with Crippen molar-refractivity contribution in [2.75, 3.05) is 6.54 Å². The molecule has 1 aromatic rings. The average Bonchev–Trinajstić information content (AvgIpc) is 2.34. The standard InChI is InChI=1S/C11H18N4O/c12-11(15-16)6-2-3-7-13-9-10-5-1-4-8-14-10/h1,4-5,8,13,16H,2-3,6-7,9H2,(H2,12,15). The monoisotopic (exact) mass is 222 g/mol. The van der Waals surface area contributed by atoms with Crippen LogP contribution in [-0.2, 0) is 6.54 Å². The molecular formula is C11H18N4O. The smallest absolute Gasteiger partial charge is 0.139 e. The number of nitrogens with zero attached hydrogens (tertiary/aromatic N) is 2. The third-order valence-corrected chi connectivity index (χ3v) is 2.20. The minimum atomic E-state index is 0.296. The van der Waals surface area contributed by atoms with Crippen molar-refractivity contribution in [3.63, 3.8) is 0 Å². The van der Waals surface area contributed by atoms with E-state index in [0.717, 1.165) is 31.6 Å². The fraction of sp³-hybridized carbons (Fsp3) is 0.455. The summed E-state index contributed by atoms with van der Waals surface area (Å²) in [4.78, 5) is 4.20. The Balaban J connectivity index is 2.01. The number of hydrogen-bond acceptors (Lipinski definition) is 4. The first-order chi connectivity index (χ1) is 7.83. The van der Waals surface area contributed by atoms with E-state index in [0.29, 0.717) is 12.3 Å². The molecule has 16 heavy (non-hydrogen) atoms. The Labute approximate surface area is 95.4 Å². The summed E-state index contributed by atoms with van der Waals surface area (Å²) in [5.41, 5.74) is 6.39. The van der Waals surface area contributed by atoms with E-state index in [-0.39, 0.29) is 0 Å². The van der Waals surface area contributed by atoms with Gasteiger partial charge in [-0.15, -0.1) is 0 Å². The molecule has 0 unspecified atom stereocenters. The van der Waals surface area contributed by atoms with E-state index >= 15 is 0 Å². The summed E-state index contributed by atoms with van der Waals surface area (Å²) in [5, 5.41) is 14.5. The van der Waals surface area contributed by atoms with Crippen LogP contribution >= 0.6 is 0 Å². The Hall–Kier alpha value is -1.62. The van der Waals surface area contributed by atoms with Crippen molar-refractivity contribution in [1.29, 1.82) is 0 Å². The summed E-state index contributed by atoms with van der Waals surface area (Å²) < 4.78 is 0. The van der Waals surface area contributed by atoms with Crippen molar-refractivity contribution >= 4 is 5.84 Å². The van der Waals surface area contributed by atoms with Crippen molar-refractivity contribution in [3.8, 4) is 0 Å².